The lowest BCUT2D eigenvalue weighted by atomic mass is 10.1. The van der Waals surface area contributed by atoms with Crippen molar-refractivity contribution in [3.05, 3.63) is 28.6 Å². The first-order valence-corrected chi connectivity index (χ1v) is 12.2. The van der Waals surface area contributed by atoms with E-state index in [1.807, 2.05) is 30.3 Å². The van der Waals surface area contributed by atoms with Gasteiger partial charge in [0.2, 0.25) is 11.0 Å². The van der Waals surface area contributed by atoms with E-state index in [2.05, 4.69) is 44.2 Å². The number of allylic oxidation sites excluding steroid dienone is 1. The Bertz CT molecular complexity index is 1140. The number of azo groups is 1. The quantitative estimate of drug-likeness (QED) is 0.380. The number of thiazole rings is 1. The predicted octanol–water partition coefficient (Wildman–Crippen LogP) is 5.78. The lowest BCUT2D eigenvalue weighted by molar-refractivity contribution is -0.114. The Kier molecular flexibility index (Phi) is 8.72. The minimum atomic E-state index is -0.192. The highest BCUT2D eigenvalue weighted by atomic mass is 32.1. The Morgan fingerprint density at radius 1 is 1.21 bits per heavy atom. The van der Waals surface area contributed by atoms with E-state index in [4.69, 9.17) is 0 Å². The third-order valence-corrected chi connectivity index (χ3v) is 6.33. The summed E-state index contributed by atoms with van der Waals surface area (Å²) < 4.78 is 0. The zero-order chi connectivity index (χ0) is 24.5. The number of hydrogen-bond donors (Lipinski definition) is 1. The molecule has 1 aromatic heterocycles. The van der Waals surface area contributed by atoms with Gasteiger partial charge in [-0.3, -0.25) is 4.79 Å². The van der Waals surface area contributed by atoms with Gasteiger partial charge in [0, 0.05) is 38.8 Å². The first kappa shape index (κ1) is 24.9. The van der Waals surface area contributed by atoms with E-state index in [9.17, 15) is 15.3 Å². The van der Waals surface area contributed by atoms with E-state index in [1.54, 1.807) is 6.08 Å². The summed E-state index contributed by atoms with van der Waals surface area (Å²) >= 11 is 1.28. The third-order valence-electron chi connectivity index (χ3n) is 5.46. The fraction of sp³-hybridized carbons (Fsp3) is 0.417. The third kappa shape index (κ3) is 6.18. The summed E-state index contributed by atoms with van der Waals surface area (Å²) in [4.78, 5) is 21.5. The number of aromatic nitrogens is 1. The largest absolute Gasteiger partial charge is 0.372 e. The lowest BCUT2D eigenvalue weighted by Crippen LogP contribution is -2.30. The van der Waals surface area contributed by atoms with Crippen molar-refractivity contribution < 1.29 is 4.79 Å². The number of carbonyl (C=O) groups is 1. The molecule has 1 aromatic carbocycles. The van der Waals surface area contributed by atoms with Gasteiger partial charge in [0.15, 0.2) is 0 Å². The number of carbonyl (C=O) groups excluding carboxylic acids is 1. The highest BCUT2D eigenvalue weighted by molar-refractivity contribution is 7.16. The number of anilines is 3. The fourth-order valence-corrected chi connectivity index (χ4v) is 4.64. The van der Waals surface area contributed by atoms with Crippen molar-refractivity contribution in [2.45, 2.75) is 40.0 Å². The molecule has 0 aliphatic carbocycles. The summed E-state index contributed by atoms with van der Waals surface area (Å²) in [5.41, 5.74) is 2.10. The van der Waals surface area contributed by atoms with E-state index >= 15 is 0 Å². The standard InChI is InChI=1S/C24H28N8OS/c1-4-31(5-2)19-9-10-20(21(14-19)27-17(3)33)29-30-24-28-23(32-11-7-6-8-12-32)22(34-24)13-18(15-25)16-26/h9-10,13-14H,4-8,11-12H2,1-3H3,(H,27,33). The number of piperidine rings is 1. The topological polar surface area (TPSA) is 121 Å². The van der Waals surface area contributed by atoms with Crippen LogP contribution in [0.15, 0.2) is 34.0 Å². The van der Waals surface area contributed by atoms with Crippen molar-refractivity contribution >= 4 is 51.3 Å². The van der Waals surface area contributed by atoms with Gasteiger partial charge in [-0.05, 0) is 57.4 Å². The Morgan fingerprint density at radius 3 is 2.53 bits per heavy atom. The second kappa shape index (κ2) is 11.9. The minimum Gasteiger partial charge on any atom is -0.372 e. The monoisotopic (exact) mass is 476 g/mol. The maximum atomic E-state index is 11.8. The van der Waals surface area contributed by atoms with Crippen LogP contribution < -0.4 is 15.1 Å². The van der Waals surface area contributed by atoms with Crippen LogP contribution in [0.1, 0.15) is 44.9 Å². The first-order chi connectivity index (χ1) is 16.5. The first-order valence-electron chi connectivity index (χ1n) is 11.3. The molecule has 1 amide bonds. The lowest BCUT2D eigenvalue weighted by Gasteiger charge is -2.27. The summed E-state index contributed by atoms with van der Waals surface area (Å²) in [6.45, 7) is 9.04. The molecule has 176 valence electrons. The Hall–Kier alpha value is -3.76. The van der Waals surface area contributed by atoms with Crippen LogP contribution in [0, 0.1) is 22.7 Å². The van der Waals surface area contributed by atoms with Crippen molar-refractivity contribution in [2.75, 3.05) is 41.3 Å². The van der Waals surface area contributed by atoms with Crippen LogP contribution in [-0.2, 0) is 4.79 Å². The van der Waals surface area contributed by atoms with Crippen molar-refractivity contribution in [1.29, 1.82) is 10.5 Å². The number of nitrogens with zero attached hydrogens (tertiary/aromatic N) is 7. The highest BCUT2D eigenvalue weighted by Gasteiger charge is 2.19. The molecule has 34 heavy (non-hydrogen) atoms. The van der Waals surface area contributed by atoms with E-state index in [1.165, 1.54) is 24.7 Å². The van der Waals surface area contributed by atoms with Gasteiger partial charge in [0.05, 0.1) is 10.6 Å². The molecule has 0 radical (unpaired) electrons. The second-order valence-electron chi connectivity index (χ2n) is 7.77. The smallest absolute Gasteiger partial charge is 0.232 e. The Balaban J connectivity index is 1.97. The van der Waals surface area contributed by atoms with Crippen LogP contribution in [0.4, 0.5) is 28.0 Å². The van der Waals surface area contributed by atoms with Crippen LogP contribution in [0.25, 0.3) is 6.08 Å². The summed E-state index contributed by atoms with van der Waals surface area (Å²) in [6.07, 6.45) is 4.87. The van der Waals surface area contributed by atoms with Crippen LogP contribution in [0.2, 0.25) is 0 Å². The molecule has 2 aromatic rings. The Labute approximate surface area is 204 Å². The highest BCUT2D eigenvalue weighted by Crippen LogP contribution is 2.37. The van der Waals surface area contributed by atoms with E-state index in [-0.39, 0.29) is 11.5 Å². The van der Waals surface area contributed by atoms with Gasteiger partial charge in [0.25, 0.3) is 0 Å². The van der Waals surface area contributed by atoms with Gasteiger partial charge in [-0.15, -0.1) is 10.2 Å². The zero-order valence-electron chi connectivity index (χ0n) is 19.7. The molecule has 1 aliphatic heterocycles. The molecule has 0 saturated carbocycles. The fourth-order valence-electron chi connectivity index (χ4n) is 3.79. The molecule has 10 heteroatoms. The van der Waals surface area contributed by atoms with Crippen molar-refractivity contribution in [3.63, 3.8) is 0 Å². The Morgan fingerprint density at radius 2 is 1.91 bits per heavy atom. The van der Waals surface area contributed by atoms with Gasteiger partial charge in [-0.1, -0.05) is 11.3 Å². The van der Waals surface area contributed by atoms with E-state index in [0.29, 0.717) is 21.4 Å². The molecule has 0 atom stereocenters. The van der Waals surface area contributed by atoms with Crippen LogP contribution in [0.3, 0.4) is 0 Å². The molecular weight excluding hydrogens is 448 g/mol. The van der Waals surface area contributed by atoms with Crippen molar-refractivity contribution in [2.24, 2.45) is 10.2 Å². The van der Waals surface area contributed by atoms with Gasteiger partial charge in [0.1, 0.15) is 29.2 Å². The second-order valence-corrected chi connectivity index (χ2v) is 8.78. The van der Waals surface area contributed by atoms with E-state index < -0.39 is 0 Å². The number of nitriles is 2. The molecular formula is C24H28N8OS. The number of benzene rings is 1. The summed E-state index contributed by atoms with van der Waals surface area (Å²) in [7, 11) is 0. The average Bonchev–Trinajstić information content (AvgIpc) is 3.25. The summed E-state index contributed by atoms with van der Waals surface area (Å²) in [5.74, 6) is 0.531. The van der Waals surface area contributed by atoms with E-state index in [0.717, 1.165) is 50.5 Å². The van der Waals surface area contributed by atoms with Crippen LogP contribution >= 0.6 is 11.3 Å². The maximum Gasteiger partial charge on any atom is 0.232 e. The minimum absolute atomic E-state index is 0.0188. The van der Waals surface area contributed by atoms with Gasteiger partial charge in [-0.2, -0.15) is 15.5 Å². The van der Waals surface area contributed by atoms with Gasteiger partial charge in [-0.25, -0.2) is 0 Å². The number of hydrogen-bond acceptors (Lipinski definition) is 9. The molecule has 0 spiro atoms. The molecule has 3 rings (SSSR count). The summed E-state index contributed by atoms with van der Waals surface area (Å²) in [5, 5.41) is 30.4. The maximum absolute atomic E-state index is 11.8. The van der Waals surface area contributed by atoms with Crippen molar-refractivity contribution in [3.8, 4) is 12.1 Å². The van der Waals surface area contributed by atoms with Gasteiger partial charge >= 0.3 is 0 Å². The predicted molar refractivity (Wildman–Crippen MR) is 136 cm³/mol. The molecule has 0 unspecified atom stereocenters. The normalized spacial score (nSPS) is 13.3. The molecule has 9 nitrogen and oxygen atoms in total. The zero-order valence-corrected chi connectivity index (χ0v) is 20.5. The molecule has 2 heterocycles. The number of nitrogens with one attached hydrogen (secondary N) is 1. The average molecular weight is 477 g/mol. The van der Waals surface area contributed by atoms with Gasteiger partial charge < -0.3 is 15.1 Å². The SMILES string of the molecule is CCN(CC)c1ccc(N=Nc2nc(N3CCCCC3)c(C=C(C#N)C#N)s2)c(NC(C)=O)c1. The van der Waals surface area contributed by atoms with Crippen LogP contribution in [-0.4, -0.2) is 37.1 Å². The number of amides is 1. The molecule has 1 aliphatic rings. The molecule has 1 N–H and O–H groups in total. The molecule has 1 fully saturated rings. The van der Waals surface area contributed by atoms with Crippen molar-refractivity contribution in [1.82, 2.24) is 4.98 Å². The van der Waals surface area contributed by atoms with Crippen LogP contribution in [0.5, 0.6) is 0 Å². The molecule has 0 bridgehead atoms. The number of rotatable bonds is 8. The summed E-state index contributed by atoms with van der Waals surface area (Å²) in [6, 6.07) is 9.49. The molecule has 1 saturated heterocycles.